The molecule has 1 aliphatic rings. The van der Waals surface area contributed by atoms with Crippen molar-refractivity contribution in [1.82, 2.24) is 14.7 Å². The first kappa shape index (κ1) is 14.8. The summed E-state index contributed by atoms with van der Waals surface area (Å²) < 4.78 is 24.2. The Morgan fingerprint density at radius 3 is 2.45 bits per heavy atom. The van der Waals surface area contributed by atoms with Gasteiger partial charge in [-0.05, 0) is 12.8 Å². The molecule has 20 heavy (non-hydrogen) atoms. The predicted molar refractivity (Wildman–Crippen MR) is 73.6 cm³/mol. The molecule has 1 aromatic heterocycles. The summed E-state index contributed by atoms with van der Waals surface area (Å²) in [6.45, 7) is 1.34. The maximum atomic E-state index is 12.1. The second kappa shape index (κ2) is 5.80. The molecule has 1 fully saturated rings. The van der Waals surface area contributed by atoms with Gasteiger partial charge in [-0.3, -0.25) is 10.00 Å². The van der Waals surface area contributed by atoms with Crippen LogP contribution in [0.2, 0.25) is 0 Å². The third kappa shape index (κ3) is 3.48. The number of carbonyl (C=O) groups is 1. The van der Waals surface area contributed by atoms with E-state index in [1.165, 1.54) is 10.9 Å². The van der Waals surface area contributed by atoms with Crippen LogP contribution in [0.15, 0.2) is 11.1 Å². The molecule has 2 amide bonds. The van der Waals surface area contributed by atoms with Crippen molar-refractivity contribution < 1.29 is 13.2 Å². The Kier molecular flexibility index (Phi) is 4.29. The van der Waals surface area contributed by atoms with E-state index in [-0.39, 0.29) is 16.7 Å². The van der Waals surface area contributed by atoms with Crippen LogP contribution in [-0.4, -0.2) is 42.2 Å². The highest BCUT2D eigenvalue weighted by Gasteiger charge is 2.22. The fourth-order valence-corrected chi connectivity index (χ4v) is 2.88. The molecular weight excluding hydrogens is 282 g/mol. The lowest BCUT2D eigenvalue weighted by atomic mass is 10.2. The third-order valence-corrected chi connectivity index (χ3v) is 4.13. The van der Waals surface area contributed by atoms with Crippen LogP contribution in [0.3, 0.4) is 0 Å². The van der Waals surface area contributed by atoms with Crippen LogP contribution >= 0.6 is 0 Å². The third-order valence-electron chi connectivity index (χ3n) is 3.22. The molecular formula is C11H19N5O3S. The second-order valence-electron chi connectivity index (χ2n) is 4.89. The van der Waals surface area contributed by atoms with Gasteiger partial charge in [0.15, 0.2) is 5.82 Å². The fourth-order valence-electron chi connectivity index (χ4n) is 2.22. The largest absolute Gasteiger partial charge is 0.324 e. The quantitative estimate of drug-likeness (QED) is 0.827. The van der Waals surface area contributed by atoms with E-state index < -0.39 is 10.0 Å². The highest BCUT2D eigenvalue weighted by Crippen LogP contribution is 2.18. The highest BCUT2D eigenvalue weighted by molar-refractivity contribution is 7.89. The number of aryl methyl sites for hydroxylation is 1. The van der Waals surface area contributed by atoms with Gasteiger partial charge in [0.1, 0.15) is 4.90 Å². The minimum atomic E-state index is -3.91. The van der Waals surface area contributed by atoms with Crippen molar-refractivity contribution in [2.75, 3.05) is 18.4 Å². The number of likely N-dealkylation sites (tertiary alicyclic amines) is 1. The molecule has 0 atom stereocenters. The van der Waals surface area contributed by atoms with Gasteiger partial charge < -0.3 is 4.90 Å². The van der Waals surface area contributed by atoms with E-state index in [0.717, 1.165) is 25.7 Å². The summed E-state index contributed by atoms with van der Waals surface area (Å²) in [7, 11) is -2.35. The maximum absolute atomic E-state index is 12.1. The summed E-state index contributed by atoms with van der Waals surface area (Å²) in [6.07, 6.45) is 5.40. The fraction of sp³-hybridized carbons (Fsp3) is 0.636. The topological polar surface area (TPSA) is 110 Å². The van der Waals surface area contributed by atoms with E-state index >= 15 is 0 Å². The summed E-state index contributed by atoms with van der Waals surface area (Å²) in [6, 6.07) is -0.337. The molecule has 112 valence electrons. The van der Waals surface area contributed by atoms with Crippen LogP contribution in [0.5, 0.6) is 0 Å². The Bertz CT molecular complexity index is 587. The molecule has 9 heteroatoms. The van der Waals surface area contributed by atoms with Gasteiger partial charge in [0.2, 0.25) is 10.0 Å². The van der Waals surface area contributed by atoms with Crippen LogP contribution in [-0.2, 0) is 17.1 Å². The van der Waals surface area contributed by atoms with E-state index in [9.17, 15) is 13.2 Å². The second-order valence-corrected chi connectivity index (χ2v) is 6.42. The van der Waals surface area contributed by atoms with Crippen LogP contribution < -0.4 is 10.5 Å². The lowest BCUT2D eigenvalue weighted by Gasteiger charge is -2.20. The van der Waals surface area contributed by atoms with E-state index in [1.54, 1.807) is 11.9 Å². The summed E-state index contributed by atoms with van der Waals surface area (Å²) >= 11 is 0. The van der Waals surface area contributed by atoms with Crippen molar-refractivity contribution in [2.45, 2.75) is 30.6 Å². The minimum absolute atomic E-state index is 0.0238. The van der Waals surface area contributed by atoms with Gasteiger partial charge in [-0.25, -0.2) is 18.4 Å². The maximum Gasteiger partial charge on any atom is 0.323 e. The van der Waals surface area contributed by atoms with Gasteiger partial charge in [0.05, 0.1) is 0 Å². The molecule has 0 spiro atoms. The van der Waals surface area contributed by atoms with Crippen molar-refractivity contribution in [3.63, 3.8) is 0 Å². The summed E-state index contributed by atoms with van der Waals surface area (Å²) in [5.74, 6) is -0.0238. The molecule has 0 unspecified atom stereocenters. The number of anilines is 1. The molecule has 8 nitrogen and oxygen atoms in total. The Balaban J connectivity index is 2.15. The van der Waals surface area contributed by atoms with Crippen molar-refractivity contribution in [2.24, 2.45) is 12.2 Å². The number of nitrogens with one attached hydrogen (secondary N) is 1. The minimum Gasteiger partial charge on any atom is -0.324 e. The zero-order valence-corrected chi connectivity index (χ0v) is 12.2. The van der Waals surface area contributed by atoms with E-state index in [4.69, 9.17) is 5.14 Å². The summed E-state index contributed by atoms with van der Waals surface area (Å²) in [5.41, 5.74) is 0. The average Bonchev–Trinajstić information content (AvgIpc) is 2.59. The number of rotatable bonds is 2. The Labute approximate surface area is 118 Å². The number of hydrogen-bond donors (Lipinski definition) is 2. The molecule has 0 aromatic carbocycles. The lowest BCUT2D eigenvalue weighted by Crippen LogP contribution is -2.36. The summed E-state index contributed by atoms with van der Waals surface area (Å²) in [5, 5.41) is 11.6. The van der Waals surface area contributed by atoms with Crippen LogP contribution in [0.1, 0.15) is 25.7 Å². The summed E-state index contributed by atoms with van der Waals surface area (Å²) in [4.78, 5) is 13.6. The van der Waals surface area contributed by atoms with Gasteiger partial charge in [0, 0.05) is 26.3 Å². The molecule has 3 N–H and O–H groups in total. The molecule has 1 aliphatic heterocycles. The van der Waals surface area contributed by atoms with Crippen LogP contribution in [0.25, 0.3) is 0 Å². The van der Waals surface area contributed by atoms with Crippen molar-refractivity contribution in [3.8, 4) is 0 Å². The smallest absolute Gasteiger partial charge is 0.323 e. The standard InChI is InChI=1S/C11H19N5O3S/c1-15-8-9(20(12,18)19)10(14-15)13-11(17)16-6-4-2-3-5-7-16/h8H,2-7H2,1H3,(H2,12,18,19)(H,13,14,17). The van der Waals surface area contributed by atoms with Gasteiger partial charge in [-0.1, -0.05) is 12.8 Å². The number of nitrogens with two attached hydrogens (primary N) is 1. The number of carbonyl (C=O) groups excluding carboxylic acids is 1. The number of primary sulfonamides is 1. The van der Waals surface area contributed by atoms with E-state index in [1.807, 2.05) is 0 Å². The Morgan fingerprint density at radius 2 is 1.90 bits per heavy atom. The van der Waals surface area contributed by atoms with Crippen LogP contribution in [0.4, 0.5) is 10.6 Å². The molecule has 1 saturated heterocycles. The molecule has 0 bridgehead atoms. The molecule has 0 saturated carbocycles. The highest BCUT2D eigenvalue weighted by atomic mass is 32.2. The normalized spacial score (nSPS) is 16.8. The van der Waals surface area contributed by atoms with Crippen LogP contribution in [0, 0.1) is 0 Å². The zero-order chi connectivity index (χ0) is 14.8. The molecule has 0 radical (unpaired) electrons. The van der Waals surface area contributed by atoms with Gasteiger partial charge in [-0.2, -0.15) is 5.10 Å². The van der Waals surface area contributed by atoms with Gasteiger partial charge >= 0.3 is 6.03 Å². The monoisotopic (exact) mass is 301 g/mol. The first-order valence-corrected chi connectivity index (χ1v) is 8.05. The van der Waals surface area contributed by atoms with Gasteiger partial charge in [0.25, 0.3) is 0 Å². The first-order valence-electron chi connectivity index (χ1n) is 6.50. The molecule has 1 aromatic rings. The SMILES string of the molecule is Cn1cc(S(N)(=O)=O)c(NC(=O)N2CCCCCC2)n1. The Morgan fingerprint density at radius 1 is 1.30 bits per heavy atom. The molecule has 2 heterocycles. The number of hydrogen-bond acceptors (Lipinski definition) is 4. The van der Waals surface area contributed by atoms with E-state index in [2.05, 4.69) is 10.4 Å². The number of urea groups is 1. The zero-order valence-electron chi connectivity index (χ0n) is 11.4. The van der Waals surface area contributed by atoms with Gasteiger partial charge in [-0.15, -0.1) is 0 Å². The number of aromatic nitrogens is 2. The molecule has 0 aliphatic carbocycles. The number of amides is 2. The van der Waals surface area contributed by atoms with Crippen molar-refractivity contribution >= 4 is 21.9 Å². The van der Waals surface area contributed by atoms with E-state index in [0.29, 0.717) is 13.1 Å². The number of nitrogens with zero attached hydrogens (tertiary/aromatic N) is 3. The first-order chi connectivity index (χ1) is 9.38. The molecule has 2 rings (SSSR count). The average molecular weight is 301 g/mol. The predicted octanol–water partition coefficient (Wildman–Crippen LogP) is 0.475. The number of sulfonamides is 1. The lowest BCUT2D eigenvalue weighted by molar-refractivity contribution is 0.213. The van der Waals surface area contributed by atoms with Crippen molar-refractivity contribution in [1.29, 1.82) is 0 Å². The Hall–Kier alpha value is -1.61. The van der Waals surface area contributed by atoms with Crippen molar-refractivity contribution in [3.05, 3.63) is 6.20 Å².